The molecule has 0 amide bonds. The Morgan fingerprint density at radius 2 is 1.06 bits per heavy atom. The molecule has 0 spiro atoms. The van der Waals surface area contributed by atoms with E-state index in [1.165, 1.54) is 0 Å². The first-order valence-corrected chi connectivity index (χ1v) is 9.36. The van der Waals surface area contributed by atoms with E-state index in [1.807, 2.05) is 0 Å². The summed E-state index contributed by atoms with van der Waals surface area (Å²) in [6.45, 7) is 0. The van der Waals surface area contributed by atoms with Crippen LogP contribution < -0.4 is 0 Å². The van der Waals surface area contributed by atoms with E-state index in [1.54, 1.807) is 0 Å². The van der Waals surface area contributed by atoms with Crippen molar-refractivity contribution in [2.75, 3.05) is 0 Å². The zero-order chi connectivity index (χ0) is 24.6. The molecule has 1 saturated carbocycles. The molecule has 0 aromatic heterocycles. The Balaban J connectivity index is 1.86. The first kappa shape index (κ1) is 23.7. The second-order valence-electron chi connectivity index (χ2n) is 7.32. The van der Waals surface area contributed by atoms with Crippen molar-refractivity contribution in [3.05, 3.63) is 35.4 Å². The van der Waals surface area contributed by atoms with Crippen LogP contribution in [-0.4, -0.2) is 88.4 Å². The van der Waals surface area contributed by atoms with Crippen LogP contribution in [0, 0.1) is 0 Å². The standard InChI is InChI=1S/C20H20O13/c21-8-1-6(2-9(22)14(8)26)19(30)32-13-5-12(25)16(28)17(29)18(13)33-20(31)7-3-10(23)15(27)11(24)4-7/h1-4,12-13,16-18,21-29H,5H2. The fraction of sp³-hybridized carbons (Fsp3) is 0.300. The van der Waals surface area contributed by atoms with E-state index >= 15 is 0 Å². The van der Waals surface area contributed by atoms with Crippen LogP contribution in [0.5, 0.6) is 34.5 Å². The third-order valence-corrected chi connectivity index (χ3v) is 5.03. The van der Waals surface area contributed by atoms with Gasteiger partial charge in [0.2, 0.25) is 0 Å². The highest BCUT2D eigenvalue weighted by Gasteiger charge is 2.47. The highest BCUT2D eigenvalue weighted by Crippen LogP contribution is 2.37. The van der Waals surface area contributed by atoms with Crippen LogP contribution >= 0.6 is 0 Å². The molecule has 3 rings (SSSR count). The Hall–Kier alpha value is -3.94. The molecule has 0 bridgehead atoms. The Labute approximate surface area is 184 Å². The van der Waals surface area contributed by atoms with Gasteiger partial charge in [-0.3, -0.25) is 0 Å². The smallest absolute Gasteiger partial charge is 0.338 e. The second kappa shape index (κ2) is 8.90. The Bertz CT molecular complexity index is 1040. The lowest BCUT2D eigenvalue weighted by Crippen LogP contribution is -2.58. The summed E-state index contributed by atoms with van der Waals surface area (Å²) in [5.74, 6) is -7.61. The van der Waals surface area contributed by atoms with Gasteiger partial charge in [-0.15, -0.1) is 0 Å². The molecule has 1 aliphatic carbocycles. The molecule has 1 fully saturated rings. The highest BCUT2D eigenvalue weighted by atomic mass is 16.6. The van der Waals surface area contributed by atoms with Gasteiger partial charge in [0.05, 0.1) is 17.2 Å². The fourth-order valence-corrected chi connectivity index (χ4v) is 3.26. The molecule has 0 aliphatic heterocycles. The fourth-order valence-electron chi connectivity index (χ4n) is 3.26. The molecular weight excluding hydrogens is 448 g/mol. The summed E-state index contributed by atoms with van der Waals surface area (Å²) >= 11 is 0. The van der Waals surface area contributed by atoms with Gasteiger partial charge < -0.3 is 55.4 Å². The van der Waals surface area contributed by atoms with Gasteiger partial charge >= 0.3 is 11.9 Å². The van der Waals surface area contributed by atoms with E-state index in [2.05, 4.69) is 0 Å². The molecule has 13 heteroatoms. The summed E-state index contributed by atoms with van der Waals surface area (Å²) in [5.41, 5.74) is -0.898. The number of benzene rings is 2. The maximum absolute atomic E-state index is 12.5. The van der Waals surface area contributed by atoms with Gasteiger partial charge in [-0.25, -0.2) is 9.59 Å². The Morgan fingerprint density at radius 3 is 1.48 bits per heavy atom. The molecule has 0 saturated heterocycles. The number of aromatic hydroxyl groups is 6. The van der Waals surface area contributed by atoms with Gasteiger partial charge in [-0.05, 0) is 24.3 Å². The summed E-state index contributed by atoms with van der Waals surface area (Å²) in [4.78, 5) is 24.9. The number of carbonyl (C=O) groups excluding carboxylic acids is 2. The molecule has 13 nitrogen and oxygen atoms in total. The van der Waals surface area contributed by atoms with Crippen molar-refractivity contribution in [3.8, 4) is 34.5 Å². The molecule has 2 aromatic carbocycles. The Kier molecular flexibility index (Phi) is 6.39. The SMILES string of the molecule is O=C(OC1CC(O)C(O)C(O)C1OC(=O)c1cc(O)c(O)c(O)c1)c1cc(O)c(O)c(O)c1. The lowest BCUT2D eigenvalue weighted by atomic mass is 9.87. The molecular formula is C20H20O13. The zero-order valence-electron chi connectivity index (χ0n) is 16.6. The highest BCUT2D eigenvalue weighted by molar-refractivity contribution is 5.92. The first-order chi connectivity index (χ1) is 15.4. The first-order valence-electron chi connectivity index (χ1n) is 9.36. The van der Waals surface area contributed by atoms with Crippen LogP contribution in [0.25, 0.3) is 0 Å². The molecule has 33 heavy (non-hydrogen) atoms. The minimum atomic E-state index is -1.93. The third-order valence-electron chi connectivity index (χ3n) is 5.03. The summed E-state index contributed by atoms with van der Waals surface area (Å²) in [7, 11) is 0. The number of ether oxygens (including phenoxy) is 2. The van der Waals surface area contributed by atoms with Crippen molar-refractivity contribution in [1.82, 2.24) is 0 Å². The van der Waals surface area contributed by atoms with Crippen LogP contribution in [0.3, 0.4) is 0 Å². The van der Waals surface area contributed by atoms with E-state index in [0.717, 1.165) is 24.3 Å². The number of aliphatic hydroxyl groups is 3. The number of aliphatic hydroxyl groups excluding tert-OH is 3. The molecule has 9 N–H and O–H groups in total. The number of phenolic OH excluding ortho intramolecular Hbond substituents is 6. The van der Waals surface area contributed by atoms with Gasteiger partial charge in [0, 0.05) is 6.42 Å². The van der Waals surface area contributed by atoms with Crippen molar-refractivity contribution < 1.29 is 65.0 Å². The topological polar surface area (TPSA) is 235 Å². The Morgan fingerprint density at radius 1 is 0.667 bits per heavy atom. The van der Waals surface area contributed by atoms with Gasteiger partial charge in [0.25, 0.3) is 0 Å². The molecule has 1 aliphatic rings. The molecule has 0 heterocycles. The van der Waals surface area contributed by atoms with Gasteiger partial charge in [-0.1, -0.05) is 0 Å². The third kappa shape index (κ3) is 4.64. The van der Waals surface area contributed by atoms with E-state index < -0.39 is 94.5 Å². The predicted molar refractivity (Wildman–Crippen MR) is 104 cm³/mol. The number of esters is 2. The minimum absolute atomic E-state index is 0.434. The normalized spacial score (nSPS) is 24.8. The summed E-state index contributed by atoms with van der Waals surface area (Å²) in [5, 5.41) is 87.2. The van der Waals surface area contributed by atoms with Gasteiger partial charge in [0.1, 0.15) is 18.3 Å². The van der Waals surface area contributed by atoms with Crippen LogP contribution in [0.15, 0.2) is 24.3 Å². The monoisotopic (exact) mass is 468 g/mol. The summed E-state index contributed by atoms with van der Waals surface area (Å²) in [6.07, 6.45) is -9.08. The van der Waals surface area contributed by atoms with Gasteiger partial charge in [0.15, 0.2) is 40.6 Å². The average Bonchev–Trinajstić information content (AvgIpc) is 2.75. The largest absolute Gasteiger partial charge is 0.504 e. The van der Waals surface area contributed by atoms with Crippen molar-refractivity contribution in [2.45, 2.75) is 36.9 Å². The molecule has 2 aromatic rings. The predicted octanol–water partition coefficient (Wildman–Crippen LogP) is -0.842. The van der Waals surface area contributed by atoms with E-state index in [0.29, 0.717) is 0 Å². The summed E-state index contributed by atoms with van der Waals surface area (Å²) < 4.78 is 10.2. The van der Waals surface area contributed by atoms with Crippen molar-refractivity contribution in [1.29, 1.82) is 0 Å². The molecule has 0 radical (unpaired) electrons. The average molecular weight is 468 g/mol. The number of rotatable bonds is 4. The van der Waals surface area contributed by atoms with Crippen LogP contribution in [0.1, 0.15) is 27.1 Å². The number of hydrogen-bond acceptors (Lipinski definition) is 13. The van der Waals surface area contributed by atoms with Crippen LogP contribution in [0.4, 0.5) is 0 Å². The van der Waals surface area contributed by atoms with E-state index in [-0.39, 0.29) is 0 Å². The van der Waals surface area contributed by atoms with E-state index in [9.17, 15) is 55.5 Å². The lowest BCUT2D eigenvalue weighted by Gasteiger charge is -2.39. The van der Waals surface area contributed by atoms with Crippen LogP contribution in [-0.2, 0) is 9.47 Å². The maximum Gasteiger partial charge on any atom is 0.338 e. The van der Waals surface area contributed by atoms with Crippen molar-refractivity contribution in [3.63, 3.8) is 0 Å². The summed E-state index contributed by atoms with van der Waals surface area (Å²) in [6, 6.07) is 3.04. The maximum atomic E-state index is 12.5. The molecule has 5 unspecified atom stereocenters. The zero-order valence-corrected chi connectivity index (χ0v) is 16.6. The van der Waals surface area contributed by atoms with Crippen molar-refractivity contribution in [2.24, 2.45) is 0 Å². The van der Waals surface area contributed by atoms with Crippen molar-refractivity contribution >= 4 is 11.9 Å². The number of phenols is 6. The minimum Gasteiger partial charge on any atom is -0.504 e. The van der Waals surface area contributed by atoms with Gasteiger partial charge in [-0.2, -0.15) is 0 Å². The van der Waals surface area contributed by atoms with Crippen LogP contribution in [0.2, 0.25) is 0 Å². The lowest BCUT2D eigenvalue weighted by molar-refractivity contribution is -0.178. The second-order valence-corrected chi connectivity index (χ2v) is 7.32. The molecule has 5 atom stereocenters. The quantitative estimate of drug-likeness (QED) is 0.197. The van der Waals surface area contributed by atoms with E-state index in [4.69, 9.17) is 9.47 Å². The number of hydrogen-bond donors (Lipinski definition) is 9. The molecule has 178 valence electrons. The number of carbonyl (C=O) groups is 2.